The Balaban J connectivity index is 2.00. The lowest BCUT2D eigenvalue weighted by atomic mass is 10.1. The van der Waals surface area contributed by atoms with E-state index in [1.165, 1.54) is 6.07 Å². The number of rotatable bonds is 3. The summed E-state index contributed by atoms with van der Waals surface area (Å²) < 4.78 is 12.9. The molecule has 0 aliphatic heterocycles. The molecule has 84 valence electrons. The molecule has 0 bridgehead atoms. The van der Waals surface area contributed by atoms with Gasteiger partial charge in [-0.15, -0.1) is 0 Å². The van der Waals surface area contributed by atoms with Gasteiger partial charge in [0, 0.05) is 12.6 Å². The first kappa shape index (κ1) is 11.1. The summed E-state index contributed by atoms with van der Waals surface area (Å²) in [6, 6.07) is 10.7. The summed E-state index contributed by atoms with van der Waals surface area (Å²) >= 11 is 0. The molecule has 3 nitrogen and oxygen atoms in total. The monoisotopic (exact) mass is 227 g/mol. The highest BCUT2D eigenvalue weighted by Crippen LogP contribution is 2.10. The van der Waals surface area contributed by atoms with Crippen molar-refractivity contribution < 1.29 is 4.39 Å². The molecule has 0 amide bonds. The maximum absolute atomic E-state index is 12.9. The summed E-state index contributed by atoms with van der Waals surface area (Å²) in [6.45, 7) is 0.566. The highest BCUT2D eigenvalue weighted by Gasteiger charge is 1.97. The lowest BCUT2D eigenvalue weighted by molar-refractivity contribution is 0.622. The number of hydrogen-bond donors (Lipinski definition) is 1. The molecule has 0 fully saturated rings. The topological polar surface area (TPSA) is 48.7 Å². The quantitative estimate of drug-likeness (QED) is 0.877. The third-order valence-electron chi connectivity index (χ3n) is 2.28. The van der Waals surface area contributed by atoms with Crippen molar-refractivity contribution in [2.24, 2.45) is 0 Å². The molecular formula is C13H10FN3. The summed E-state index contributed by atoms with van der Waals surface area (Å²) in [5.74, 6) is -0.366. The third-order valence-corrected chi connectivity index (χ3v) is 2.28. The van der Waals surface area contributed by atoms with Crippen molar-refractivity contribution in [3.05, 3.63) is 59.7 Å². The first-order valence-corrected chi connectivity index (χ1v) is 5.11. The van der Waals surface area contributed by atoms with Gasteiger partial charge in [-0.2, -0.15) is 5.26 Å². The maximum atomic E-state index is 12.9. The fourth-order valence-electron chi connectivity index (χ4n) is 1.41. The van der Waals surface area contributed by atoms with E-state index in [9.17, 15) is 4.39 Å². The van der Waals surface area contributed by atoms with Crippen LogP contribution in [0.2, 0.25) is 0 Å². The van der Waals surface area contributed by atoms with Crippen LogP contribution in [0.5, 0.6) is 0 Å². The van der Waals surface area contributed by atoms with Crippen molar-refractivity contribution in [1.82, 2.24) is 4.98 Å². The van der Waals surface area contributed by atoms with Crippen LogP contribution < -0.4 is 5.32 Å². The van der Waals surface area contributed by atoms with E-state index in [1.807, 2.05) is 12.1 Å². The molecular weight excluding hydrogens is 217 g/mol. The summed E-state index contributed by atoms with van der Waals surface area (Å²) in [7, 11) is 0. The van der Waals surface area contributed by atoms with E-state index in [4.69, 9.17) is 5.26 Å². The Bertz CT molecular complexity index is 543. The molecule has 0 saturated carbocycles. The number of anilines is 1. The molecule has 4 heteroatoms. The molecule has 0 unspecified atom stereocenters. The molecule has 1 heterocycles. The van der Waals surface area contributed by atoms with Crippen LogP contribution in [0.3, 0.4) is 0 Å². The fourth-order valence-corrected chi connectivity index (χ4v) is 1.41. The van der Waals surface area contributed by atoms with Crippen molar-refractivity contribution in [2.45, 2.75) is 6.54 Å². The van der Waals surface area contributed by atoms with E-state index < -0.39 is 0 Å². The van der Waals surface area contributed by atoms with Gasteiger partial charge >= 0.3 is 0 Å². The van der Waals surface area contributed by atoms with Crippen molar-refractivity contribution in [2.75, 3.05) is 5.32 Å². The highest BCUT2D eigenvalue weighted by molar-refractivity contribution is 5.41. The minimum atomic E-state index is -0.366. The summed E-state index contributed by atoms with van der Waals surface area (Å²) in [6.07, 6.45) is 2.72. The van der Waals surface area contributed by atoms with Crippen LogP contribution in [-0.4, -0.2) is 4.98 Å². The van der Waals surface area contributed by atoms with Crippen LogP contribution in [0.15, 0.2) is 42.7 Å². The number of nitriles is 1. The van der Waals surface area contributed by atoms with E-state index in [1.54, 1.807) is 18.3 Å². The van der Waals surface area contributed by atoms with E-state index in [0.717, 1.165) is 11.8 Å². The molecule has 0 aliphatic carbocycles. The number of pyridine rings is 1. The number of hydrogen-bond acceptors (Lipinski definition) is 3. The van der Waals surface area contributed by atoms with Gasteiger partial charge in [0.05, 0.1) is 29.7 Å². The van der Waals surface area contributed by atoms with Crippen molar-refractivity contribution in [3.8, 4) is 6.07 Å². The first-order valence-electron chi connectivity index (χ1n) is 5.11. The molecule has 0 atom stereocenters. The van der Waals surface area contributed by atoms with Gasteiger partial charge in [-0.05, 0) is 17.7 Å². The Morgan fingerprint density at radius 3 is 2.65 bits per heavy atom. The second-order valence-electron chi connectivity index (χ2n) is 3.55. The minimum Gasteiger partial charge on any atom is -0.380 e. The van der Waals surface area contributed by atoms with E-state index >= 15 is 0 Å². The minimum absolute atomic E-state index is 0.366. The molecule has 0 radical (unpaired) electrons. The van der Waals surface area contributed by atoms with Crippen molar-refractivity contribution >= 4 is 5.69 Å². The Hall–Kier alpha value is -2.41. The lowest BCUT2D eigenvalue weighted by Crippen LogP contribution is -2.00. The van der Waals surface area contributed by atoms with Crippen LogP contribution in [0.4, 0.5) is 10.1 Å². The van der Waals surface area contributed by atoms with Gasteiger partial charge in [0.2, 0.25) is 0 Å². The molecule has 1 aromatic heterocycles. The number of nitrogens with one attached hydrogen (secondary N) is 1. The number of benzene rings is 1. The SMILES string of the molecule is N#Cc1ccc(CNc2cncc(F)c2)cc1. The van der Waals surface area contributed by atoms with Crippen molar-refractivity contribution in [1.29, 1.82) is 5.26 Å². The number of halogens is 1. The zero-order valence-corrected chi connectivity index (χ0v) is 9.02. The molecule has 17 heavy (non-hydrogen) atoms. The smallest absolute Gasteiger partial charge is 0.143 e. The van der Waals surface area contributed by atoms with E-state index in [-0.39, 0.29) is 5.82 Å². The fraction of sp³-hybridized carbons (Fsp3) is 0.0769. The average Bonchev–Trinajstić information content (AvgIpc) is 2.37. The number of nitrogens with zero attached hydrogens (tertiary/aromatic N) is 2. The largest absolute Gasteiger partial charge is 0.380 e. The molecule has 2 rings (SSSR count). The Kier molecular flexibility index (Phi) is 3.31. The van der Waals surface area contributed by atoms with Gasteiger partial charge in [0.1, 0.15) is 5.82 Å². The summed E-state index contributed by atoms with van der Waals surface area (Å²) in [4.78, 5) is 3.74. The standard InChI is InChI=1S/C13H10FN3/c14-12-5-13(9-16-8-12)17-7-11-3-1-10(6-15)2-4-11/h1-5,8-9,17H,7H2. The molecule has 1 aromatic carbocycles. The van der Waals surface area contributed by atoms with Gasteiger partial charge < -0.3 is 5.32 Å². The Labute approximate surface area is 98.5 Å². The van der Waals surface area contributed by atoms with Crippen LogP contribution in [0, 0.1) is 17.1 Å². The Morgan fingerprint density at radius 2 is 2.00 bits per heavy atom. The van der Waals surface area contributed by atoms with Gasteiger partial charge in [-0.1, -0.05) is 12.1 Å². The van der Waals surface area contributed by atoms with Crippen LogP contribution in [0.1, 0.15) is 11.1 Å². The first-order chi connectivity index (χ1) is 8.28. The number of aromatic nitrogens is 1. The van der Waals surface area contributed by atoms with Crippen LogP contribution >= 0.6 is 0 Å². The van der Waals surface area contributed by atoms with Gasteiger partial charge in [0.15, 0.2) is 0 Å². The zero-order chi connectivity index (χ0) is 12.1. The van der Waals surface area contributed by atoms with Gasteiger partial charge in [-0.25, -0.2) is 4.39 Å². The second kappa shape index (κ2) is 5.08. The van der Waals surface area contributed by atoms with Crippen LogP contribution in [-0.2, 0) is 6.54 Å². The molecule has 2 aromatic rings. The third kappa shape index (κ3) is 3.02. The molecule has 0 saturated heterocycles. The van der Waals surface area contributed by atoms with Crippen molar-refractivity contribution in [3.63, 3.8) is 0 Å². The second-order valence-corrected chi connectivity index (χ2v) is 3.55. The van der Waals surface area contributed by atoms with Crippen LogP contribution in [0.25, 0.3) is 0 Å². The summed E-state index contributed by atoms with van der Waals surface area (Å²) in [5, 5.41) is 11.7. The normalized spacial score (nSPS) is 9.65. The predicted octanol–water partition coefficient (Wildman–Crippen LogP) is 2.70. The molecule has 0 spiro atoms. The zero-order valence-electron chi connectivity index (χ0n) is 9.02. The Morgan fingerprint density at radius 1 is 1.24 bits per heavy atom. The summed E-state index contributed by atoms with van der Waals surface area (Å²) in [5.41, 5.74) is 2.28. The highest BCUT2D eigenvalue weighted by atomic mass is 19.1. The molecule has 1 N–H and O–H groups in total. The van der Waals surface area contributed by atoms with E-state index in [0.29, 0.717) is 17.8 Å². The van der Waals surface area contributed by atoms with Gasteiger partial charge in [-0.3, -0.25) is 4.98 Å². The predicted molar refractivity (Wildman–Crippen MR) is 62.7 cm³/mol. The van der Waals surface area contributed by atoms with Gasteiger partial charge in [0.25, 0.3) is 0 Å². The average molecular weight is 227 g/mol. The molecule has 0 aliphatic rings. The maximum Gasteiger partial charge on any atom is 0.143 e. The van der Waals surface area contributed by atoms with E-state index in [2.05, 4.69) is 16.4 Å². The lowest BCUT2D eigenvalue weighted by Gasteiger charge is -2.05.